The second kappa shape index (κ2) is 4.27. The second-order valence-corrected chi connectivity index (χ2v) is 3.82. The monoisotopic (exact) mass is 190 g/mol. The van der Waals surface area contributed by atoms with E-state index in [-0.39, 0.29) is 6.04 Å². The summed E-state index contributed by atoms with van der Waals surface area (Å²) in [5.41, 5.74) is 3.58. The molecule has 2 heteroatoms. The first-order valence-corrected chi connectivity index (χ1v) is 4.84. The molecule has 1 heterocycles. The summed E-state index contributed by atoms with van der Waals surface area (Å²) in [5, 5.41) is 4.34. The van der Waals surface area contributed by atoms with Crippen molar-refractivity contribution in [3.8, 4) is 0 Å². The first-order valence-electron chi connectivity index (χ1n) is 4.84. The molecule has 0 N–H and O–H groups in total. The third-order valence-corrected chi connectivity index (χ3v) is 2.43. The van der Waals surface area contributed by atoms with Gasteiger partial charge in [-0.2, -0.15) is 5.10 Å². The van der Waals surface area contributed by atoms with Gasteiger partial charge in [-0.1, -0.05) is 11.6 Å². The first kappa shape index (κ1) is 10.8. The van der Waals surface area contributed by atoms with Gasteiger partial charge in [-0.25, -0.2) is 0 Å². The summed E-state index contributed by atoms with van der Waals surface area (Å²) < 4.78 is 2.01. The van der Waals surface area contributed by atoms with Crippen LogP contribution >= 0.6 is 0 Å². The maximum atomic E-state index is 4.34. The fraction of sp³-hybridized carbons (Fsp3) is 0.417. The molecule has 0 saturated carbocycles. The summed E-state index contributed by atoms with van der Waals surface area (Å²) in [4.78, 5) is 0. The molecule has 76 valence electrons. The molecule has 0 aliphatic heterocycles. The number of hydrogen-bond acceptors (Lipinski definition) is 1. The summed E-state index contributed by atoms with van der Waals surface area (Å²) in [6.07, 6.45) is 4.73. The van der Waals surface area contributed by atoms with Gasteiger partial charge in [-0.15, -0.1) is 13.2 Å². The highest BCUT2D eigenvalue weighted by Gasteiger charge is 2.11. The molecule has 0 aliphatic rings. The SMILES string of the molecule is C=CC(CC(=C)C)n1ncc(C)c1C. The maximum Gasteiger partial charge on any atom is 0.0736 e. The fourth-order valence-electron chi connectivity index (χ4n) is 1.47. The zero-order chi connectivity index (χ0) is 10.7. The molecule has 1 rings (SSSR count). The van der Waals surface area contributed by atoms with Crippen LogP contribution in [0, 0.1) is 13.8 Å². The van der Waals surface area contributed by atoms with Crippen molar-refractivity contribution >= 4 is 0 Å². The summed E-state index contributed by atoms with van der Waals surface area (Å²) >= 11 is 0. The van der Waals surface area contributed by atoms with E-state index in [1.165, 1.54) is 11.3 Å². The van der Waals surface area contributed by atoms with Crippen LogP contribution in [0.4, 0.5) is 0 Å². The largest absolute Gasteiger partial charge is 0.262 e. The van der Waals surface area contributed by atoms with E-state index in [2.05, 4.69) is 32.1 Å². The maximum absolute atomic E-state index is 4.34. The molecule has 0 aromatic carbocycles. The van der Waals surface area contributed by atoms with Gasteiger partial charge >= 0.3 is 0 Å². The molecular formula is C12H18N2. The minimum absolute atomic E-state index is 0.237. The van der Waals surface area contributed by atoms with Gasteiger partial charge in [0.2, 0.25) is 0 Å². The molecule has 0 amide bonds. The number of aryl methyl sites for hydroxylation is 1. The highest BCUT2D eigenvalue weighted by molar-refractivity contribution is 5.15. The van der Waals surface area contributed by atoms with Gasteiger partial charge < -0.3 is 0 Å². The molecule has 1 unspecified atom stereocenters. The molecule has 0 aliphatic carbocycles. The first-order chi connectivity index (χ1) is 6.56. The lowest BCUT2D eigenvalue weighted by Crippen LogP contribution is -2.10. The Morgan fingerprint density at radius 2 is 2.29 bits per heavy atom. The molecule has 0 bridgehead atoms. The Balaban J connectivity index is 2.94. The fourth-order valence-corrected chi connectivity index (χ4v) is 1.47. The Labute approximate surface area is 85.9 Å². The Morgan fingerprint density at radius 1 is 1.64 bits per heavy atom. The molecule has 14 heavy (non-hydrogen) atoms. The van der Waals surface area contributed by atoms with Crippen LogP contribution in [0.25, 0.3) is 0 Å². The smallest absolute Gasteiger partial charge is 0.0736 e. The van der Waals surface area contributed by atoms with Gasteiger partial charge in [0.05, 0.1) is 12.2 Å². The lowest BCUT2D eigenvalue weighted by atomic mass is 10.1. The highest BCUT2D eigenvalue weighted by Crippen LogP contribution is 2.19. The average molecular weight is 190 g/mol. The lowest BCUT2D eigenvalue weighted by molar-refractivity contribution is 0.522. The predicted molar refractivity (Wildman–Crippen MR) is 60.4 cm³/mol. The minimum Gasteiger partial charge on any atom is -0.262 e. The van der Waals surface area contributed by atoms with Crippen molar-refractivity contribution in [2.24, 2.45) is 0 Å². The molecule has 0 fully saturated rings. The molecule has 1 atom stereocenters. The standard InChI is InChI=1S/C12H18N2/c1-6-12(7-9(2)3)14-11(5)10(4)8-13-14/h6,8,12H,1-2,7H2,3-5H3. The Hall–Kier alpha value is -1.31. The van der Waals surface area contributed by atoms with Crippen molar-refractivity contribution in [1.82, 2.24) is 9.78 Å². The summed E-state index contributed by atoms with van der Waals surface area (Å²) in [6, 6.07) is 0.237. The summed E-state index contributed by atoms with van der Waals surface area (Å²) in [5.74, 6) is 0. The molecule has 1 aromatic heterocycles. The highest BCUT2D eigenvalue weighted by atomic mass is 15.3. The van der Waals surface area contributed by atoms with Gasteiger partial charge in [-0.05, 0) is 32.8 Å². The van der Waals surface area contributed by atoms with E-state index in [0.29, 0.717) is 0 Å². The van der Waals surface area contributed by atoms with E-state index in [1.807, 2.05) is 23.9 Å². The number of hydrogen-bond donors (Lipinski definition) is 0. The molecule has 0 spiro atoms. The van der Waals surface area contributed by atoms with Crippen LogP contribution in [-0.2, 0) is 0 Å². The minimum atomic E-state index is 0.237. The molecule has 1 aromatic rings. The number of nitrogens with zero attached hydrogens (tertiary/aromatic N) is 2. The van der Waals surface area contributed by atoms with Crippen molar-refractivity contribution in [3.63, 3.8) is 0 Å². The van der Waals surface area contributed by atoms with E-state index in [4.69, 9.17) is 0 Å². The Morgan fingerprint density at radius 3 is 2.64 bits per heavy atom. The van der Waals surface area contributed by atoms with E-state index < -0.39 is 0 Å². The van der Waals surface area contributed by atoms with E-state index in [1.54, 1.807) is 0 Å². The molecule has 0 radical (unpaired) electrons. The summed E-state index contributed by atoms with van der Waals surface area (Å²) in [7, 11) is 0. The van der Waals surface area contributed by atoms with Crippen LogP contribution in [-0.4, -0.2) is 9.78 Å². The van der Waals surface area contributed by atoms with Crippen LogP contribution in [0.3, 0.4) is 0 Å². The third kappa shape index (κ3) is 2.13. The van der Waals surface area contributed by atoms with E-state index >= 15 is 0 Å². The van der Waals surface area contributed by atoms with Crippen LogP contribution in [0.2, 0.25) is 0 Å². The second-order valence-electron chi connectivity index (χ2n) is 3.82. The zero-order valence-electron chi connectivity index (χ0n) is 9.25. The van der Waals surface area contributed by atoms with Gasteiger partial charge in [0.15, 0.2) is 0 Å². The van der Waals surface area contributed by atoms with Gasteiger partial charge in [0.1, 0.15) is 0 Å². The average Bonchev–Trinajstić information content (AvgIpc) is 2.44. The number of aromatic nitrogens is 2. The van der Waals surface area contributed by atoms with E-state index in [9.17, 15) is 0 Å². The van der Waals surface area contributed by atoms with Gasteiger partial charge in [0, 0.05) is 5.69 Å². The topological polar surface area (TPSA) is 17.8 Å². The van der Waals surface area contributed by atoms with Crippen molar-refractivity contribution in [2.45, 2.75) is 33.2 Å². The lowest BCUT2D eigenvalue weighted by Gasteiger charge is -2.15. The Bertz CT molecular complexity index is 347. The zero-order valence-corrected chi connectivity index (χ0v) is 9.25. The van der Waals surface area contributed by atoms with Crippen molar-refractivity contribution in [1.29, 1.82) is 0 Å². The van der Waals surface area contributed by atoms with Crippen molar-refractivity contribution in [2.75, 3.05) is 0 Å². The molecular weight excluding hydrogens is 172 g/mol. The molecule has 2 nitrogen and oxygen atoms in total. The number of rotatable bonds is 4. The quantitative estimate of drug-likeness (QED) is 0.667. The Kier molecular flexibility index (Phi) is 3.28. The van der Waals surface area contributed by atoms with Crippen LogP contribution in [0.15, 0.2) is 31.0 Å². The third-order valence-electron chi connectivity index (χ3n) is 2.43. The predicted octanol–water partition coefficient (Wildman–Crippen LogP) is 3.19. The van der Waals surface area contributed by atoms with Gasteiger partial charge in [-0.3, -0.25) is 4.68 Å². The number of allylic oxidation sites excluding steroid dienone is 2. The van der Waals surface area contributed by atoms with Crippen molar-refractivity contribution < 1.29 is 0 Å². The normalized spacial score (nSPS) is 12.5. The van der Waals surface area contributed by atoms with Crippen LogP contribution in [0.5, 0.6) is 0 Å². The van der Waals surface area contributed by atoms with Crippen LogP contribution in [0.1, 0.15) is 30.6 Å². The molecule has 0 saturated heterocycles. The van der Waals surface area contributed by atoms with E-state index in [0.717, 1.165) is 12.0 Å². The van der Waals surface area contributed by atoms with Crippen LogP contribution < -0.4 is 0 Å². The van der Waals surface area contributed by atoms with Crippen molar-refractivity contribution in [3.05, 3.63) is 42.3 Å². The summed E-state index contributed by atoms with van der Waals surface area (Å²) in [6.45, 7) is 13.9. The van der Waals surface area contributed by atoms with Gasteiger partial charge in [0.25, 0.3) is 0 Å².